The molecule has 0 fully saturated rings. The van der Waals surface area contributed by atoms with Crippen LogP contribution in [0.4, 0.5) is 0 Å². The second-order valence-corrected chi connectivity index (χ2v) is 5.83. The fourth-order valence-electron chi connectivity index (χ4n) is 2.67. The summed E-state index contributed by atoms with van der Waals surface area (Å²) in [6.45, 7) is 4.70. The zero-order chi connectivity index (χ0) is 14.9. The molecule has 2 aromatic rings. The van der Waals surface area contributed by atoms with E-state index in [4.69, 9.17) is 11.6 Å². The SMILES string of the molecule is CC.Cn1c2c(c3c(Br)cc(Cl)cc31)CC(=O)NCC2. The van der Waals surface area contributed by atoms with Gasteiger partial charge in [-0.15, -0.1) is 0 Å². The molecule has 0 unspecified atom stereocenters. The summed E-state index contributed by atoms with van der Waals surface area (Å²) in [5, 5.41) is 4.72. The minimum Gasteiger partial charge on any atom is -0.355 e. The molecule has 108 valence electrons. The topological polar surface area (TPSA) is 34.0 Å². The van der Waals surface area contributed by atoms with Gasteiger partial charge < -0.3 is 9.88 Å². The van der Waals surface area contributed by atoms with Gasteiger partial charge in [-0.1, -0.05) is 41.4 Å². The number of benzene rings is 1. The summed E-state index contributed by atoms with van der Waals surface area (Å²) < 4.78 is 3.10. The molecular formula is C15H18BrClN2O. The molecule has 0 spiro atoms. The number of aromatic nitrogens is 1. The number of carbonyl (C=O) groups is 1. The molecule has 0 saturated carbocycles. The summed E-state index contributed by atoms with van der Waals surface area (Å²) in [6.07, 6.45) is 1.29. The summed E-state index contributed by atoms with van der Waals surface area (Å²) in [5.41, 5.74) is 3.41. The highest BCUT2D eigenvalue weighted by Gasteiger charge is 2.22. The van der Waals surface area contributed by atoms with E-state index in [-0.39, 0.29) is 5.91 Å². The lowest BCUT2D eigenvalue weighted by atomic mass is 10.1. The van der Waals surface area contributed by atoms with Crippen LogP contribution in [0.1, 0.15) is 25.1 Å². The first kappa shape index (κ1) is 15.4. The van der Waals surface area contributed by atoms with Crippen LogP contribution in [0.15, 0.2) is 16.6 Å². The molecular weight excluding hydrogens is 340 g/mol. The Kier molecular flexibility index (Phi) is 4.76. The molecule has 0 radical (unpaired) electrons. The first-order valence-corrected chi connectivity index (χ1v) is 7.97. The molecule has 1 N–H and O–H groups in total. The van der Waals surface area contributed by atoms with Crippen LogP contribution >= 0.6 is 27.5 Å². The Balaban J connectivity index is 0.000000704. The van der Waals surface area contributed by atoms with Gasteiger partial charge in [0.2, 0.25) is 5.91 Å². The Bertz CT molecular complexity index is 664. The molecule has 2 heterocycles. The van der Waals surface area contributed by atoms with Gasteiger partial charge in [0.05, 0.1) is 11.9 Å². The zero-order valence-corrected chi connectivity index (χ0v) is 14.2. The Morgan fingerprint density at radius 2 is 2.05 bits per heavy atom. The second kappa shape index (κ2) is 6.19. The number of nitrogens with zero attached hydrogens (tertiary/aromatic N) is 1. The van der Waals surface area contributed by atoms with Gasteiger partial charge in [0.1, 0.15) is 0 Å². The molecule has 1 aliphatic heterocycles. The monoisotopic (exact) mass is 356 g/mol. The summed E-state index contributed by atoms with van der Waals surface area (Å²) in [4.78, 5) is 11.7. The maximum absolute atomic E-state index is 11.7. The fourth-order valence-corrected chi connectivity index (χ4v) is 3.70. The van der Waals surface area contributed by atoms with Gasteiger partial charge >= 0.3 is 0 Å². The normalized spacial score (nSPS) is 14.2. The molecule has 3 nitrogen and oxygen atoms in total. The molecule has 0 atom stereocenters. The first-order chi connectivity index (χ1) is 9.58. The van der Waals surface area contributed by atoms with E-state index in [0.717, 1.165) is 27.4 Å². The molecule has 1 aromatic heterocycles. The van der Waals surface area contributed by atoms with Crippen molar-refractivity contribution in [3.8, 4) is 0 Å². The number of halogens is 2. The summed E-state index contributed by atoms with van der Waals surface area (Å²) in [5.74, 6) is 0.0862. The van der Waals surface area contributed by atoms with Crippen molar-refractivity contribution in [1.29, 1.82) is 0 Å². The van der Waals surface area contributed by atoms with Crippen LogP contribution in [0.2, 0.25) is 5.02 Å². The minimum absolute atomic E-state index is 0.0862. The number of nitrogens with one attached hydrogen (secondary N) is 1. The number of amides is 1. The Morgan fingerprint density at radius 3 is 2.75 bits per heavy atom. The molecule has 1 aromatic carbocycles. The van der Waals surface area contributed by atoms with Crippen LogP contribution in [0, 0.1) is 0 Å². The van der Waals surface area contributed by atoms with Gasteiger partial charge in [-0.25, -0.2) is 0 Å². The lowest BCUT2D eigenvalue weighted by Gasteiger charge is -2.04. The van der Waals surface area contributed by atoms with Crippen molar-refractivity contribution >= 4 is 44.3 Å². The second-order valence-electron chi connectivity index (χ2n) is 4.54. The average Bonchev–Trinajstić information content (AvgIpc) is 2.58. The predicted molar refractivity (Wildman–Crippen MR) is 87.4 cm³/mol. The minimum atomic E-state index is 0.0862. The number of fused-ring (bicyclic) bond motifs is 3. The van der Waals surface area contributed by atoms with Gasteiger partial charge in [0.25, 0.3) is 0 Å². The largest absolute Gasteiger partial charge is 0.355 e. The lowest BCUT2D eigenvalue weighted by molar-refractivity contribution is -0.120. The lowest BCUT2D eigenvalue weighted by Crippen LogP contribution is -2.24. The van der Waals surface area contributed by atoms with Crippen LogP contribution < -0.4 is 5.32 Å². The Labute approximate surface area is 132 Å². The van der Waals surface area contributed by atoms with Gasteiger partial charge in [-0.3, -0.25) is 4.79 Å². The van der Waals surface area contributed by atoms with E-state index in [1.54, 1.807) is 0 Å². The maximum Gasteiger partial charge on any atom is 0.224 e. The molecule has 0 aliphatic carbocycles. The third-order valence-electron chi connectivity index (χ3n) is 3.47. The quantitative estimate of drug-likeness (QED) is 0.764. The van der Waals surface area contributed by atoms with Crippen molar-refractivity contribution in [3.05, 3.63) is 32.9 Å². The molecule has 1 aliphatic rings. The predicted octanol–water partition coefficient (Wildman–Crippen LogP) is 3.84. The highest BCUT2D eigenvalue weighted by atomic mass is 79.9. The number of hydrogen-bond donors (Lipinski definition) is 1. The zero-order valence-electron chi connectivity index (χ0n) is 11.9. The third kappa shape index (κ3) is 2.59. The number of hydrogen-bond acceptors (Lipinski definition) is 1. The van der Waals surface area contributed by atoms with Crippen molar-refractivity contribution in [2.24, 2.45) is 7.05 Å². The van der Waals surface area contributed by atoms with E-state index in [9.17, 15) is 4.79 Å². The fraction of sp³-hybridized carbons (Fsp3) is 0.400. The number of rotatable bonds is 0. The third-order valence-corrected chi connectivity index (χ3v) is 4.32. The van der Waals surface area contributed by atoms with Crippen molar-refractivity contribution in [1.82, 2.24) is 9.88 Å². The van der Waals surface area contributed by atoms with Crippen LogP contribution in [0.25, 0.3) is 10.9 Å². The summed E-state index contributed by atoms with van der Waals surface area (Å²) in [7, 11) is 2.03. The molecule has 5 heteroatoms. The van der Waals surface area contributed by atoms with Gasteiger partial charge in [-0.2, -0.15) is 0 Å². The highest BCUT2D eigenvalue weighted by Crippen LogP contribution is 2.35. The van der Waals surface area contributed by atoms with Crippen LogP contribution in [0.3, 0.4) is 0 Å². The van der Waals surface area contributed by atoms with Crippen LogP contribution in [-0.4, -0.2) is 17.0 Å². The van der Waals surface area contributed by atoms with E-state index in [1.165, 1.54) is 5.69 Å². The van der Waals surface area contributed by atoms with Gasteiger partial charge in [-0.05, 0) is 17.7 Å². The molecule has 0 bridgehead atoms. The van der Waals surface area contributed by atoms with Crippen molar-refractivity contribution in [2.45, 2.75) is 26.7 Å². The summed E-state index contributed by atoms with van der Waals surface area (Å²) >= 11 is 9.65. The Hall–Kier alpha value is -1.00. The van der Waals surface area contributed by atoms with Crippen molar-refractivity contribution in [3.63, 3.8) is 0 Å². The molecule has 3 rings (SSSR count). The highest BCUT2D eigenvalue weighted by molar-refractivity contribution is 9.10. The van der Waals surface area contributed by atoms with Gasteiger partial charge in [0, 0.05) is 40.6 Å². The Morgan fingerprint density at radius 1 is 1.35 bits per heavy atom. The first-order valence-electron chi connectivity index (χ1n) is 6.80. The average molecular weight is 358 g/mol. The number of aryl methyl sites for hydroxylation is 1. The molecule has 1 amide bonds. The van der Waals surface area contributed by atoms with Crippen molar-refractivity contribution < 1.29 is 4.79 Å². The van der Waals surface area contributed by atoms with Crippen molar-refractivity contribution in [2.75, 3.05) is 6.54 Å². The van der Waals surface area contributed by atoms with E-state index in [2.05, 4.69) is 25.8 Å². The van der Waals surface area contributed by atoms with E-state index < -0.39 is 0 Å². The van der Waals surface area contributed by atoms with Crippen LogP contribution in [-0.2, 0) is 24.7 Å². The van der Waals surface area contributed by atoms with E-state index in [1.807, 2.05) is 33.0 Å². The van der Waals surface area contributed by atoms with E-state index >= 15 is 0 Å². The maximum atomic E-state index is 11.7. The summed E-state index contributed by atoms with van der Waals surface area (Å²) in [6, 6.07) is 3.83. The van der Waals surface area contributed by atoms with Crippen LogP contribution in [0.5, 0.6) is 0 Å². The van der Waals surface area contributed by atoms with Gasteiger partial charge in [0.15, 0.2) is 0 Å². The number of carbonyl (C=O) groups excluding carboxylic acids is 1. The van der Waals surface area contributed by atoms with E-state index in [0.29, 0.717) is 18.0 Å². The molecule has 0 saturated heterocycles. The smallest absolute Gasteiger partial charge is 0.224 e. The molecule has 20 heavy (non-hydrogen) atoms. The standard InChI is InChI=1S/C13H12BrClN2O.C2H6/c1-17-10-2-3-16-12(18)6-8(10)13-9(14)4-7(15)5-11(13)17;1-2/h4-5H,2-3,6H2,1H3,(H,16,18);1-2H3.